The summed E-state index contributed by atoms with van der Waals surface area (Å²) in [7, 11) is 0. The number of halogens is 2. The molecule has 10 heteroatoms. The Labute approximate surface area is 195 Å². The molecule has 0 aromatic heterocycles. The third-order valence-electron chi connectivity index (χ3n) is 4.53. The fraction of sp³-hybridized carbons (Fsp3) is 0.826. The van der Waals surface area contributed by atoms with Crippen molar-refractivity contribution in [3.05, 3.63) is 0 Å². The van der Waals surface area contributed by atoms with Crippen LogP contribution in [0.25, 0.3) is 0 Å². The minimum atomic E-state index is -3.12. The first-order valence-corrected chi connectivity index (χ1v) is 11.4. The Bertz CT molecular complexity index is 643. The smallest absolute Gasteiger partial charge is 0.407 e. The SMILES string of the molecule is CC(C)(C)OC(=O)NCCOCCOCCOCCNC(=O)CC1CCCCC#CC1(F)F. The molecule has 0 saturated heterocycles. The van der Waals surface area contributed by atoms with Gasteiger partial charge in [0.25, 0.3) is 0 Å². The molecule has 1 unspecified atom stereocenters. The number of carbonyl (C=O) groups excluding carboxylic acids is 2. The molecule has 2 amide bonds. The van der Waals surface area contributed by atoms with Gasteiger partial charge < -0.3 is 29.6 Å². The molecule has 190 valence electrons. The van der Waals surface area contributed by atoms with E-state index in [1.54, 1.807) is 20.8 Å². The number of carbonyl (C=O) groups is 2. The lowest BCUT2D eigenvalue weighted by molar-refractivity contribution is -0.125. The molecule has 8 nitrogen and oxygen atoms in total. The zero-order chi connectivity index (χ0) is 24.6. The molecular weight excluding hydrogens is 438 g/mol. The summed E-state index contributed by atoms with van der Waals surface area (Å²) in [6.07, 6.45) is 1.50. The average molecular weight is 477 g/mol. The zero-order valence-electron chi connectivity index (χ0n) is 20.0. The van der Waals surface area contributed by atoms with Crippen molar-refractivity contribution in [2.45, 2.75) is 64.4 Å². The molecule has 33 heavy (non-hydrogen) atoms. The Morgan fingerprint density at radius 1 is 0.939 bits per heavy atom. The summed E-state index contributed by atoms with van der Waals surface area (Å²) < 4.78 is 49.2. The third kappa shape index (κ3) is 15.5. The summed E-state index contributed by atoms with van der Waals surface area (Å²) >= 11 is 0. The Morgan fingerprint density at radius 3 is 2.12 bits per heavy atom. The van der Waals surface area contributed by atoms with E-state index in [4.69, 9.17) is 18.9 Å². The molecule has 0 saturated carbocycles. The van der Waals surface area contributed by atoms with Crippen LogP contribution in [0.3, 0.4) is 0 Å². The predicted octanol–water partition coefficient (Wildman–Crippen LogP) is 2.90. The summed E-state index contributed by atoms with van der Waals surface area (Å²) in [5.41, 5.74) is -0.534. The monoisotopic (exact) mass is 476 g/mol. The Hall–Kier alpha value is -1.96. The van der Waals surface area contributed by atoms with E-state index in [-0.39, 0.29) is 19.6 Å². The highest BCUT2D eigenvalue weighted by Gasteiger charge is 2.38. The quantitative estimate of drug-likeness (QED) is 0.296. The first-order chi connectivity index (χ1) is 15.6. The molecule has 1 aliphatic carbocycles. The molecule has 1 aliphatic rings. The van der Waals surface area contributed by atoms with Gasteiger partial charge in [-0.25, -0.2) is 4.79 Å². The van der Waals surface area contributed by atoms with E-state index in [0.29, 0.717) is 58.8 Å². The van der Waals surface area contributed by atoms with Gasteiger partial charge >= 0.3 is 12.0 Å². The number of amides is 2. The minimum Gasteiger partial charge on any atom is -0.444 e. The van der Waals surface area contributed by atoms with Crippen molar-refractivity contribution < 1.29 is 37.3 Å². The van der Waals surface area contributed by atoms with Gasteiger partial charge in [0.1, 0.15) is 5.60 Å². The summed E-state index contributed by atoms with van der Waals surface area (Å²) in [5.74, 6) is -0.0799. The molecule has 0 aromatic rings. The van der Waals surface area contributed by atoms with Gasteiger partial charge in [0.05, 0.1) is 39.6 Å². The highest BCUT2D eigenvalue weighted by Crippen LogP contribution is 2.32. The normalized spacial score (nSPS) is 17.8. The average Bonchev–Trinajstić information content (AvgIpc) is 2.70. The summed E-state index contributed by atoms with van der Waals surface area (Å²) in [4.78, 5) is 23.4. The molecule has 0 heterocycles. The fourth-order valence-electron chi connectivity index (χ4n) is 2.94. The van der Waals surface area contributed by atoms with Gasteiger partial charge in [0.15, 0.2) is 0 Å². The Kier molecular flexibility index (Phi) is 13.9. The number of alkyl halides is 2. The van der Waals surface area contributed by atoms with Crippen molar-refractivity contribution in [1.29, 1.82) is 0 Å². The first kappa shape index (κ1) is 29.1. The van der Waals surface area contributed by atoms with E-state index in [0.717, 1.165) is 6.42 Å². The fourth-order valence-corrected chi connectivity index (χ4v) is 2.94. The Morgan fingerprint density at radius 2 is 1.52 bits per heavy atom. The van der Waals surface area contributed by atoms with Crippen molar-refractivity contribution in [3.63, 3.8) is 0 Å². The number of hydrogen-bond donors (Lipinski definition) is 2. The topological polar surface area (TPSA) is 95.1 Å². The second kappa shape index (κ2) is 15.8. The predicted molar refractivity (Wildman–Crippen MR) is 119 cm³/mol. The van der Waals surface area contributed by atoms with Gasteiger partial charge in [-0.2, -0.15) is 8.78 Å². The Balaban J connectivity index is 1.94. The second-order valence-electron chi connectivity index (χ2n) is 8.69. The van der Waals surface area contributed by atoms with Gasteiger partial charge in [-0.05, 0) is 39.5 Å². The largest absolute Gasteiger partial charge is 0.444 e. The van der Waals surface area contributed by atoms with Crippen LogP contribution < -0.4 is 10.6 Å². The van der Waals surface area contributed by atoms with Crippen LogP contribution in [0.1, 0.15) is 52.9 Å². The molecule has 1 rings (SSSR count). The van der Waals surface area contributed by atoms with E-state index < -0.39 is 29.4 Å². The van der Waals surface area contributed by atoms with E-state index in [1.165, 1.54) is 0 Å². The molecule has 0 fully saturated rings. The van der Waals surface area contributed by atoms with Crippen molar-refractivity contribution in [2.75, 3.05) is 52.7 Å². The maximum Gasteiger partial charge on any atom is 0.407 e. The molecular formula is C23H38F2N2O6. The van der Waals surface area contributed by atoms with E-state index in [9.17, 15) is 18.4 Å². The first-order valence-electron chi connectivity index (χ1n) is 11.4. The lowest BCUT2D eigenvalue weighted by Gasteiger charge is -2.23. The molecule has 0 bridgehead atoms. The van der Waals surface area contributed by atoms with Crippen LogP contribution in [0.15, 0.2) is 0 Å². The summed E-state index contributed by atoms with van der Waals surface area (Å²) in [5, 5.41) is 5.20. The third-order valence-corrected chi connectivity index (χ3v) is 4.53. The lowest BCUT2D eigenvalue weighted by atomic mass is 9.89. The summed E-state index contributed by atoms with van der Waals surface area (Å²) in [6, 6.07) is 0. The van der Waals surface area contributed by atoms with Crippen LogP contribution in [0.2, 0.25) is 0 Å². The summed E-state index contributed by atoms with van der Waals surface area (Å²) in [6.45, 7) is 8.03. The molecule has 0 radical (unpaired) electrons. The van der Waals surface area contributed by atoms with E-state index in [1.807, 2.05) is 5.92 Å². The maximum atomic E-state index is 14.0. The zero-order valence-corrected chi connectivity index (χ0v) is 20.0. The van der Waals surface area contributed by atoms with Gasteiger partial charge in [-0.15, -0.1) is 0 Å². The van der Waals surface area contributed by atoms with Gasteiger partial charge in [-0.3, -0.25) is 4.79 Å². The van der Waals surface area contributed by atoms with Crippen LogP contribution in [0, 0.1) is 17.8 Å². The number of hydrogen-bond acceptors (Lipinski definition) is 6. The van der Waals surface area contributed by atoms with Gasteiger partial charge in [-0.1, -0.05) is 12.3 Å². The van der Waals surface area contributed by atoms with Crippen molar-refractivity contribution in [1.82, 2.24) is 10.6 Å². The van der Waals surface area contributed by atoms with E-state index in [2.05, 4.69) is 16.6 Å². The van der Waals surface area contributed by atoms with Crippen molar-refractivity contribution >= 4 is 12.0 Å². The molecule has 0 spiro atoms. The van der Waals surface area contributed by atoms with Gasteiger partial charge in [0, 0.05) is 31.8 Å². The molecule has 0 aromatic carbocycles. The highest BCUT2D eigenvalue weighted by molar-refractivity contribution is 5.76. The van der Waals surface area contributed by atoms with Crippen LogP contribution in [0.4, 0.5) is 13.6 Å². The number of ether oxygens (including phenoxy) is 4. The minimum absolute atomic E-state index is 0.238. The second-order valence-corrected chi connectivity index (χ2v) is 8.69. The molecule has 1 atom stereocenters. The van der Waals surface area contributed by atoms with E-state index >= 15 is 0 Å². The van der Waals surface area contributed by atoms with Crippen molar-refractivity contribution in [3.8, 4) is 11.8 Å². The highest BCUT2D eigenvalue weighted by atomic mass is 19.3. The molecule has 2 N–H and O–H groups in total. The van der Waals surface area contributed by atoms with Crippen LogP contribution in [-0.4, -0.2) is 76.3 Å². The standard InChI is InChI=1S/C23H38F2N2O6/c1-22(2,3)33-21(29)27-11-13-31-15-17-32-16-14-30-12-10-26-20(28)18-19-8-6-4-5-7-9-23(19,24)25/h19H,4-6,8,10-18H2,1-3H3,(H,26,28)(H,27,29). The van der Waals surface area contributed by atoms with Crippen LogP contribution in [0.5, 0.6) is 0 Å². The van der Waals surface area contributed by atoms with Crippen LogP contribution in [-0.2, 0) is 23.7 Å². The molecule has 0 aliphatic heterocycles. The number of rotatable bonds is 14. The lowest BCUT2D eigenvalue weighted by Crippen LogP contribution is -2.35. The maximum absolute atomic E-state index is 14.0. The van der Waals surface area contributed by atoms with Gasteiger partial charge in [0.2, 0.25) is 5.91 Å². The number of alkyl carbamates (subject to hydrolysis) is 1. The number of nitrogens with one attached hydrogen (secondary N) is 2. The van der Waals surface area contributed by atoms with Crippen molar-refractivity contribution in [2.24, 2.45) is 5.92 Å². The van der Waals surface area contributed by atoms with Crippen LogP contribution >= 0.6 is 0 Å².